The van der Waals surface area contributed by atoms with Crippen molar-refractivity contribution in [2.24, 2.45) is 0 Å². The zero-order valence-corrected chi connectivity index (χ0v) is 5.68. The van der Waals surface area contributed by atoms with E-state index in [1.807, 2.05) is 0 Å². The molecule has 0 amide bonds. The van der Waals surface area contributed by atoms with Crippen LogP contribution in [0.1, 0.15) is 19.8 Å². The highest BCUT2D eigenvalue weighted by atomic mass is 16.4. The Balaban J connectivity index is 2.28. The standard InChI is InChI=1S/C6H13BO/c1-6-4-3-5-8-7(6)2/h6H,3-5H2,1-2H3. The number of hydrogen-bond acceptors (Lipinski definition) is 1. The zero-order valence-electron chi connectivity index (χ0n) is 5.68. The Morgan fingerprint density at radius 1 is 1.62 bits per heavy atom. The smallest absolute Gasteiger partial charge is 0.292 e. The van der Waals surface area contributed by atoms with Crippen molar-refractivity contribution < 1.29 is 4.65 Å². The highest BCUT2D eigenvalue weighted by Gasteiger charge is 2.20. The molecule has 1 aliphatic rings. The summed E-state index contributed by atoms with van der Waals surface area (Å²) >= 11 is 0. The van der Waals surface area contributed by atoms with Gasteiger partial charge in [-0.2, -0.15) is 0 Å². The molecule has 0 aromatic carbocycles. The van der Waals surface area contributed by atoms with Crippen LogP contribution in [0.15, 0.2) is 0 Å². The summed E-state index contributed by atoms with van der Waals surface area (Å²) in [6, 6.07) is 0. The quantitative estimate of drug-likeness (QED) is 0.434. The summed E-state index contributed by atoms with van der Waals surface area (Å²) in [5.74, 6) is 0.781. The lowest BCUT2D eigenvalue weighted by atomic mass is 9.56. The van der Waals surface area contributed by atoms with Gasteiger partial charge in [0.25, 0.3) is 6.92 Å². The van der Waals surface area contributed by atoms with Crippen molar-refractivity contribution >= 4 is 6.92 Å². The van der Waals surface area contributed by atoms with Crippen LogP contribution in [0, 0.1) is 0 Å². The number of hydrogen-bond donors (Lipinski definition) is 0. The van der Waals surface area contributed by atoms with E-state index in [0.717, 1.165) is 12.4 Å². The molecule has 0 radical (unpaired) electrons. The largest absolute Gasteiger partial charge is 0.436 e. The highest BCUT2D eigenvalue weighted by molar-refractivity contribution is 6.52. The normalized spacial score (nSPS) is 30.8. The molecule has 1 nitrogen and oxygen atoms in total. The first-order chi connectivity index (χ1) is 3.80. The van der Waals surface area contributed by atoms with E-state index in [4.69, 9.17) is 4.65 Å². The second kappa shape index (κ2) is 2.54. The minimum absolute atomic E-state index is 0.503. The van der Waals surface area contributed by atoms with Crippen molar-refractivity contribution in [2.75, 3.05) is 6.61 Å². The molecular weight excluding hydrogens is 98.9 g/mol. The molecule has 1 unspecified atom stereocenters. The van der Waals surface area contributed by atoms with E-state index in [-0.39, 0.29) is 0 Å². The van der Waals surface area contributed by atoms with E-state index in [9.17, 15) is 0 Å². The molecule has 1 fully saturated rings. The van der Waals surface area contributed by atoms with Crippen LogP contribution >= 0.6 is 0 Å². The zero-order chi connectivity index (χ0) is 5.98. The molecule has 1 aliphatic heterocycles. The van der Waals surface area contributed by atoms with E-state index in [0.29, 0.717) is 6.92 Å². The van der Waals surface area contributed by atoms with Gasteiger partial charge in [-0.1, -0.05) is 20.2 Å². The Kier molecular flexibility index (Phi) is 1.95. The van der Waals surface area contributed by atoms with Crippen LogP contribution in [0.5, 0.6) is 0 Å². The maximum atomic E-state index is 5.39. The van der Waals surface area contributed by atoms with E-state index < -0.39 is 0 Å². The summed E-state index contributed by atoms with van der Waals surface area (Å²) in [5, 5.41) is 0. The third-order valence-electron chi connectivity index (χ3n) is 1.99. The predicted molar refractivity (Wildman–Crippen MR) is 36.2 cm³/mol. The van der Waals surface area contributed by atoms with Gasteiger partial charge in [0.05, 0.1) is 0 Å². The Labute approximate surface area is 51.5 Å². The van der Waals surface area contributed by atoms with Gasteiger partial charge in [0.1, 0.15) is 0 Å². The maximum absolute atomic E-state index is 5.39. The lowest BCUT2D eigenvalue weighted by Gasteiger charge is -2.22. The maximum Gasteiger partial charge on any atom is 0.292 e. The van der Waals surface area contributed by atoms with Gasteiger partial charge >= 0.3 is 0 Å². The van der Waals surface area contributed by atoms with Gasteiger partial charge in [-0.15, -0.1) is 0 Å². The fraction of sp³-hybridized carbons (Fsp3) is 1.00. The Hall–Kier alpha value is 0.0249. The second-order valence-corrected chi connectivity index (χ2v) is 2.70. The van der Waals surface area contributed by atoms with Crippen LogP contribution in [0.4, 0.5) is 0 Å². The van der Waals surface area contributed by atoms with Gasteiger partial charge in [-0.05, 0) is 12.2 Å². The van der Waals surface area contributed by atoms with Crippen molar-refractivity contribution in [3.05, 3.63) is 0 Å². The minimum Gasteiger partial charge on any atom is -0.436 e. The molecule has 8 heavy (non-hydrogen) atoms. The van der Waals surface area contributed by atoms with Crippen LogP contribution < -0.4 is 0 Å². The first kappa shape index (κ1) is 6.15. The third kappa shape index (κ3) is 1.25. The van der Waals surface area contributed by atoms with Gasteiger partial charge in [0, 0.05) is 6.61 Å². The fourth-order valence-corrected chi connectivity index (χ4v) is 1.07. The molecule has 0 bridgehead atoms. The van der Waals surface area contributed by atoms with Crippen LogP contribution in [0.3, 0.4) is 0 Å². The van der Waals surface area contributed by atoms with Crippen LogP contribution in [0.25, 0.3) is 0 Å². The molecule has 2 heteroatoms. The topological polar surface area (TPSA) is 9.23 Å². The minimum atomic E-state index is 0.503. The molecule has 0 aliphatic carbocycles. The first-order valence-electron chi connectivity index (χ1n) is 3.42. The highest BCUT2D eigenvalue weighted by Crippen LogP contribution is 2.21. The van der Waals surface area contributed by atoms with Crippen LogP contribution in [-0.4, -0.2) is 13.5 Å². The molecule has 0 N–H and O–H groups in total. The van der Waals surface area contributed by atoms with Crippen molar-refractivity contribution in [1.29, 1.82) is 0 Å². The Morgan fingerprint density at radius 3 is 2.75 bits per heavy atom. The van der Waals surface area contributed by atoms with Crippen molar-refractivity contribution in [3.8, 4) is 0 Å². The molecule has 0 saturated carbocycles. The van der Waals surface area contributed by atoms with Gasteiger partial charge in [0.2, 0.25) is 0 Å². The predicted octanol–water partition coefficient (Wildman–Crippen LogP) is 1.81. The molecule has 0 aromatic heterocycles. The van der Waals surface area contributed by atoms with Gasteiger partial charge in [0.15, 0.2) is 0 Å². The van der Waals surface area contributed by atoms with E-state index >= 15 is 0 Å². The van der Waals surface area contributed by atoms with Gasteiger partial charge in [-0.3, -0.25) is 0 Å². The van der Waals surface area contributed by atoms with Gasteiger partial charge in [-0.25, -0.2) is 0 Å². The Bertz CT molecular complexity index is 64.9. The summed E-state index contributed by atoms with van der Waals surface area (Å²) in [6.07, 6.45) is 2.60. The fourth-order valence-electron chi connectivity index (χ4n) is 1.07. The molecule has 1 atom stereocenters. The van der Waals surface area contributed by atoms with E-state index in [1.54, 1.807) is 0 Å². The summed E-state index contributed by atoms with van der Waals surface area (Å²) in [4.78, 5) is 0. The lowest BCUT2D eigenvalue weighted by Crippen LogP contribution is -2.24. The van der Waals surface area contributed by atoms with Crippen LogP contribution in [-0.2, 0) is 4.65 Å². The third-order valence-corrected chi connectivity index (χ3v) is 1.99. The molecule has 1 rings (SSSR count). The van der Waals surface area contributed by atoms with Crippen molar-refractivity contribution in [3.63, 3.8) is 0 Å². The Morgan fingerprint density at radius 2 is 2.38 bits per heavy atom. The van der Waals surface area contributed by atoms with E-state index in [1.165, 1.54) is 12.8 Å². The second-order valence-electron chi connectivity index (χ2n) is 2.70. The molecule has 1 heterocycles. The van der Waals surface area contributed by atoms with E-state index in [2.05, 4.69) is 13.7 Å². The monoisotopic (exact) mass is 112 g/mol. The molecule has 0 aromatic rings. The molecule has 1 saturated heterocycles. The summed E-state index contributed by atoms with van der Waals surface area (Å²) in [5.41, 5.74) is 0. The summed E-state index contributed by atoms with van der Waals surface area (Å²) in [7, 11) is 0. The molecular formula is C6H13BO. The van der Waals surface area contributed by atoms with Crippen molar-refractivity contribution in [1.82, 2.24) is 0 Å². The number of rotatable bonds is 0. The summed E-state index contributed by atoms with van der Waals surface area (Å²) in [6.45, 7) is 5.89. The summed E-state index contributed by atoms with van der Waals surface area (Å²) < 4.78 is 5.39. The SMILES string of the molecule is CB1OCCCC1C. The molecule has 0 spiro atoms. The van der Waals surface area contributed by atoms with Gasteiger partial charge < -0.3 is 4.65 Å². The van der Waals surface area contributed by atoms with Crippen molar-refractivity contribution in [2.45, 2.75) is 32.4 Å². The first-order valence-corrected chi connectivity index (χ1v) is 3.42. The lowest BCUT2D eigenvalue weighted by molar-refractivity contribution is 0.275. The average molecular weight is 112 g/mol. The average Bonchev–Trinajstić information content (AvgIpc) is 1.77. The molecule has 46 valence electrons. The van der Waals surface area contributed by atoms with Crippen LogP contribution in [0.2, 0.25) is 12.6 Å².